The van der Waals surface area contributed by atoms with Crippen molar-refractivity contribution in [3.63, 3.8) is 0 Å². The molecule has 2 rings (SSSR count). The Morgan fingerprint density at radius 2 is 1.95 bits per heavy atom. The quantitative estimate of drug-likeness (QED) is 0.789. The van der Waals surface area contributed by atoms with Crippen LogP contribution in [0.1, 0.15) is 21.5 Å². The van der Waals surface area contributed by atoms with E-state index in [1.807, 2.05) is 6.07 Å². The minimum absolute atomic E-state index is 0.175. The lowest BCUT2D eigenvalue weighted by molar-refractivity contribution is 0.111. The van der Waals surface area contributed by atoms with E-state index in [1.165, 1.54) is 12.1 Å². The fourth-order valence-electron chi connectivity index (χ4n) is 1.58. The van der Waals surface area contributed by atoms with Crippen molar-refractivity contribution in [2.45, 2.75) is 6.61 Å². The van der Waals surface area contributed by atoms with E-state index >= 15 is 0 Å². The van der Waals surface area contributed by atoms with Crippen LogP contribution in [0.15, 0.2) is 42.5 Å². The number of nitrogens with zero attached hydrogens (tertiary/aromatic N) is 1. The zero-order valence-corrected chi connectivity index (χ0v) is 9.97. The molecule has 0 aliphatic rings. The van der Waals surface area contributed by atoms with Crippen LogP contribution in [0.2, 0.25) is 0 Å². The van der Waals surface area contributed by atoms with E-state index in [0.29, 0.717) is 17.6 Å². The Labute approximate surface area is 109 Å². The summed E-state index contributed by atoms with van der Waals surface area (Å²) in [5.41, 5.74) is 1.60. The predicted molar refractivity (Wildman–Crippen MR) is 67.3 cm³/mol. The molecular formula is C15H10FNO2. The number of aldehydes is 1. The fraction of sp³-hybridized carbons (Fsp3) is 0.0667. The van der Waals surface area contributed by atoms with E-state index in [2.05, 4.69) is 0 Å². The smallest absolute Gasteiger partial charge is 0.153 e. The van der Waals surface area contributed by atoms with E-state index in [4.69, 9.17) is 10.00 Å². The SMILES string of the molecule is N#Cc1ccc(COc2ccc(F)cc2C=O)cc1. The molecule has 19 heavy (non-hydrogen) atoms. The topological polar surface area (TPSA) is 50.1 Å². The van der Waals surface area contributed by atoms with Gasteiger partial charge in [0.25, 0.3) is 0 Å². The zero-order valence-electron chi connectivity index (χ0n) is 9.97. The summed E-state index contributed by atoms with van der Waals surface area (Å²) in [6.07, 6.45) is 0.553. The number of halogens is 1. The van der Waals surface area contributed by atoms with Gasteiger partial charge < -0.3 is 4.74 Å². The van der Waals surface area contributed by atoms with Crippen LogP contribution in [0.25, 0.3) is 0 Å². The average Bonchev–Trinajstić information content (AvgIpc) is 2.46. The molecule has 0 N–H and O–H groups in total. The minimum Gasteiger partial charge on any atom is -0.488 e. The van der Waals surface area contributed by atoms with Crippen molar-refractivity contribution in [1.29, 1.82) is 5.26 Å². The number of benzene rings is 2. The number of hydrogen-bond donors (Lipinski definition) is 0. The van der Waals surface area contributed by atoms with Crippen LogP contribution < -0.4 is 4.74 Å². The molecule has 0 spiro atoms. The van der Waals surface area contributed by atoms with Crippen molar-refractivity contribution in [2.24, 2.45) is 0 Å². The van der Waals surface area contributed by atoms with Crippen LogP contribution in [0.4, 0.5) is 4.39 Å². The Bertz CT molecular complexity index is 630. The number of nitriles is 1. The van der Waals surface area contributed by atoms with Crippen molar-refractivity contribution >= 4 is 6.29 Å². The third kappa shape index (κ3) is 3.17. The molecule has 0 atom stereocenters. The third-order valence-electron chi connectivity index (χ3n) is 2.58. The first kappa shape index (κ1) is 12.8. The lowest BCUT2D eigenvalue weighted by Gasteiger charge is -2.08. The van der Waals surface area contributed by atoms with Crippen LogP contribution in [-0.2, 0) is 6.61 Å². The van der Waals surface area contributed by atoms with Crippen LogP contribution in [0, 0.1) is 17.1 Å². The second-order valence-corrected chi connectivity index (χ2v) is 3.90. The molecule has 0 radical (unpaired) electrons. The average molecular weight is 255 g/mol. The van der Waals surface area contributed by atoms with Crippen molar-refractivity contribution < 1.29 is 13.9 Å². The molecule has 0 aliphatic heterocycles. The van der Waals surface area contributed by atoms with Gasteiger partial charge in [0.1, 0.15) is 18.2 Å². The van der Waals surface area contributed by atoms with Gasteiger partial charge in [0, 0.05) is 0 Å². The molecule has 0 saturated heterocycles. The monoisotopic (exact) mass is 255 g/mol. The molecule has 0 heterocycles. The van der Waals surface area contributed by atoms with E-state index in [1.54, 1.807) is 24.3 Å². The molecule has 2 aromatic carbocycles. The molecule has 0 saturated carbocycles. The van der Waals surface area contributed by atoms with Crippen molar-refractivity contribution in [1.82, 2.24) is 0 Å². The molecule has 94 valence electrons. The van der Waals surface area contributed by atoms with Gasteiger partial charge in [-0.2, -0.15) is 5.26 Å². The maximum absolute atomic E-state index is 12.9. The predicted octanol–water partition coefficient (Wildman–Crippen LogP) is 3.09. The molecule has 2 aromatic rings. The first-order valence-corrected chi connectivity index (χ1v) is 5.59. The maximum Gasteiger partial charge on any atom is 0.153 e. The Hall–Kier alpha value is -2.67. The highest BCUT2D eigenvalue weighted by molar-refractivity contribution is 5.79. The molecule has 0 unspecified atom stereocenters. The van der Waals surface area contributed by atoms with E-state index in [-0.39, 0.29) is 12.2 Å². The number of ether oxygens (including phenoxy) is 1. The summed E-state index contributed by atoms with van der Waals surface area (Å²) in [5.74, 6) is -0.145. The van der Waals surface area contributed by atoms with Crippen LogP contribution in [0.3, 0.4) is 0 Å². The molecular weight excluding hydrogens is 245 g/mol. The first-order valence-electron chi connectivity index (χ1n) is 5.59. The van der Waals surface area contributed by atoms with Gasteiger partial charge >= 0.3 is 0 Å². The summed E-state index contributed by atoms with van der Waals surface area (Å²) in [6.45, 7) is 0.248. The molecule has 0 fully saturated rings. The number of carbonyl (C=O) groups excluding carboxylic acids is 1. The lowest BCUT2D eigenvalue weighted by atomic mass is 10.1. The molecule has 0 amide bonds. The number of hydrogen-bond acceptors (Lipinski definition) is 3. The van der Waals surface area contributed by atoms with Crippen molar-refractivity contribution in [3.8, 4) is 11.8 Å². The molecule has 4 heteroatoms. The fourth-order valence-corrected chi connectivity index (χ4v) is 1.58. The highest BCUT2D eigenvalue weighted by Crippen LogP contribution is 2.19. The van der Waals surface area contributed by atoms with Gasteiger partial charge in [0.05, 0.1) is 17.2 Å². The van der Waals surface area contributed by atoms with E-state index in [9.17, 15) is 9.18 Å². The Morgan fingerprint density at radius 1 is 1.21 bits per heavy atom. The van der Waals surface area contributed by atoms with E-state index < -0.39 is 5.82 Å². The summed E-state index contributed by atoms with van der Waals surface area (Å²) >= 11 is 0. The summed E-state index contributed by atoms with van der Waals surface area (Å²) < 4.78 is 18.4. The molecule has 0 aromatic heterocycles. The second kappa shape index (κ2) is 5.78. The summed E-state index contributed by atoms with van der Waals surface area (Å²) in [4.78, 5) is 10.8. The Balaban J connectivity index is 2.10. The standard InChI is InChI=1S/C15H10FNO2/c16-14-5-6-15(13(7-14)9-18)19-10-12-3-1-11(8-17)2-4-12/h1-7,9H,10H2. The van der Waals surface area contributed by atoms with Crippen LogP contribution in [0.5, 0.6) is 5.75 Å². The summed E-state index contributed by atoms with van der Waals surface area (Å²) in [7, 11) is 0. The maximum atomic E-state index is 12.9. The molecule has 0 aliphatic carbocycles. The van der Waals surface area contributed by atoms with Crippen LogP contribution in [-0.4, -0.2) is 6.29 Å². The normalized spacial score (nSPS) is 9.68. The second-order valence-electron chi connectivity index (χ2n) is 3.90. The molecule has 3 nitrogen and oxygen atoms in total. The van der Waals surface area contributed by atoms with Gasteiger partial charge in [-0.3, -0.25) is 4.79 Å². The lowest BCUT2D eigenvalue weighted by Crippen LogP contribution is -1.98. The van der Waals surface area contributed by atoms with Crippen molar-refractivity contribution in [3.05, 3.63) is 65.0 Å². The molecule has 0 bridgehead atoms. The third-order valence-corrected chi connectivity index (χ3v) is 2.58. The summed E-state index contributed by atoms with van der Waals surface area (Å²) in [6, 6.07) is 12.7. The van der Waals surface area contributed by atoms with Gasteiger partial charge in [0.15, 0.2) is 6.29 Å². The minimum atomic E-state index is -0.479. The number of carbonyl (C=O) groups is 1. The Kier molecular flexibility index (Phi) is 3.89. The van der Waals surface area contributed by atoms with Gasteiger partial charge in [0.2, 0.25) is 0 Å². The Morgan fingerprint density at radius 3 is 2.58 bits per heavy atom. The van der Waals surface area contributed by atoms with Gasteiger partial charge in [-0.25, -0.2) is 4.39 Å². The van der Waals surface area contributed by atoms with Gasteiger partial charge in [-0.05, 0) is 35.9 Å². The highest BCUT2D eigenvalue weighted by atomic mass is 19.1. The number of rotatable bonds is 4. The highest BCUT2D eigenvalue weighted by Gasteiger charge is 2.05. The summed E-state index contributed by atoms with van der Waals surface area (Å²) in [5, 5.41) is 8.68. The van der Waals surface area contributed by atoms with Gasteiger partial charge in [-0.15, -0.1) is 0 Å². The van der Waals surface area contributed by atoms with Crippen molar-refractivity contribution in [2.75, 3.05) is 0 Å². The first-order chi connectivity index (χ1) is 9.22. The largest absolute Gasteiger partial charge is 0.488 e. The van der Waals surface area contributed by atoms with Gasteiger partial charge in [-0.1, -0.05) is 12.1 Å². The van der Waals surface area contributed by atoms with E-state index in [0.717, 1.165) is 11.6 Å². The zero-order chi connectivity index (χ0) is 13.7. The van der Waals surface area contributed by atoms with Crippen LogP contribution >= 0.6 is 0 Å².